The number of benzene rings is 3. The van der Waals surface area contributed by atoms with Crippen LogP contribution in [0.3, 0.4) is 0 Å². The summed E-state index contributed by atoms with van der Waals surface area (Å²) in [7, 11) is 5.54. The Bertz CT molecular complexity index is 1870. The molecular formula is C46H62N4O6. The van der Waals surface area contributed by atoms with Crippen LogP contribution in [-0.2, 0) is 16.2 Å². The maximum atomic E-state index is 14.3. The zero-order valence-electron chi connectivity index (χ0n) is 34.2. The van der Waals surface area contributed by atoms with E-state index in [9.17, 15) is 19.8 Å². The van der Waals surface area contributed by atoms with Gasteiger partial charge in [-0.15, -0.1) is 0 Å². The summed E-state index contributed by atoms with van der Waals surface area (Å²) < 4.78 is 6.10. The molecule has 0 spiro atoms. The Morgan fingerprint density at radius 2 is 1.80 bits per heavy atom. The molecule has 2 unspecified atom stereocenters. The highest BCUT2D eigenvalue weighted by atomic mass is 16.7. The molecule has 8 rings (SSSR count). The first-order chi connectivity index (χ1) is 26.8. The highest BCUT2D eigenvalue weighted by Crippen LogP contribution is 2.61. The SMILES string of the molecule is COc1c(CN2O[C@@H](CO)[C@H]([C@H](C)O)C2C(=O)NC2C[C@H]3C[C@@H]([C@@H]2C)C3(C)C)cccc1-c1cc(C(=O)NC[C@H]2CC[C@H](c3ccccc3)C2)cc(N(C)C)c1. The van der Waals surface area contributed by atoms with Crippen LogP contribution in [0, 0.1) is 35.0 Å². The van der Waals surface area contributed by atoms with E-state index in [1.807, 2.05) is 55.4 Å². The van der Waals surface area contributed by atoms with E-state index in [4.69, 9.17) is 9.57 Å². The fourth-order valence-corrected chi connectivity index (χ4v) is 10.6. The maximum Gasteiger partial charge on any atom is 0.251 e. The van der Waals surface area contributed by atoms with Crippen LogP contribution in [0.5, 0.6) is 5.75 Å². The third-order valence-electron chi connectivity index (χ3n) is 14.1. The fraction of sp³-hybridized carbons (Fsp3) is 0.565. The van der Waals surface area contributed by atoms with E-state index >= 15 is 0 Å². The van der Waals surface area contributed by atoms with E-state index in [-0.39, 0.29) is 36.4 Å². The second kappa shape index (κ2) is 16.5. The average Bonchev–Trinajstić information content (AvgIpc) is 3.82. The van der Waals surface area contributed by atoms with E-state index in [2.05, 4.69) is 61.7 Å². The number of aliphatic hydroxyl groups excluding tert-OH is 2. The summed E-state index contributed by atoms with van der Waals surface area (Å²) in [6.07, 6.45) is 3.79. The molecule has 2 bridgehead atoms. The number of hydrogen-bond donors (Lipinski definition) is 4. The first-order valence-electron chi connectivity index (χ1n) is 20.6. The van der Waals surface area contributed by atoms with Gasteiger partial charge in [-0.25, -0.2) is 0 Å². The fourth-order valence-electron chi connectivity index (χ4n) is 10.6. The highest BCUT2D eigenvalue weighted by Gasteiger charge is 2.57. The molecule has 1 heterocycles. The van der Waals surface area contributed by atoms with E-state index in [0.29, 0.717) is 47.4 Å². The summed E-state index contributed by atoms with van der Waals surface area (Å²) in [5.41, 5.74) is 5.51. The predicted octanol–water partition coefficient (Wildman–Crippen LogP) is 6.40. The van der Waals surface area contributed by atoms with Gasteiger partial charge in [0.2, 0.25) is 5.91 Å². The highest BCUT2D eigenvalue weighted by molar-refractivity contribution is 5.97. The number of methoxy groups -OCH3 is 1. The number of hydroxylamine groups is 2. The van der Waals surface area contributed by atoms with Crippen molar-refractivity contribution in [1.29, 1.82) is 0 Å². The van der Waals surface area contributed by atoms with Gasteiger partial charge in [-0.1, -0.05) is 69.3 Å². The van der Waals surface area contributed by atoms with Gasteiger partial charge >= 0.3 is 0 Å². The molecule has 10 atom stereocenters. The minimum atomic E-state index is -0.894. The van der Waals surface area contributed by atoms with Crippen LogP contribution in [0.15, 0.2) is 66.7 Å². The van der Waals surface area contributed by atoms with Gasteiger partial charge in [-0.2, -0.15) is 5.06 Å². The molecule has 0 aromatic heterocycles. The summed E-state index contributed by atoms with van der Waals surface area (Å²) in [4.78, 5) is 36.3. The Morgan fingerprint density at radius 3 is 2.46 bits per heavy atom. The number of anilines is 1. The number of rotatable bonds is 13. The van der Waals surface area contributed by atoms with Crippen LogP contribution in [0.2, 0.25) is 0 Å². The van der Waals surface area contributed by atoms with Gasteiger partial charge in [-0.3, -0.25) is 14.4 Å². The molecule has 4 N–H and O–H groups in total. The molecule has 3 aromatic rings. The molecule has 3 aromatic carbocycles. The third kappa shape index (κ3) is 7.82. The van der Waals surface area contributed by atoms with Crippen molar-refractivity contribution in [2.24, 2.45) is 35.0 Å². The maximum absolute atomic E-state index is 14.3. The Balaban J connectivity index is 1.11. The first kappa shape index (κ1) is 40.2. The number of aliphatic hydroxyl groups is 2. The summed E-state index contributed by atoms with van der Waals surface area (Å²) >= 11 is 0. The lowest BCUT2D eigenvalue weighted by atomic mass is 9.45. The monoisotopic (exact) mass is 766 g/mol. The molecule has 1 aliphatic heterocycles. The molecule has 5 fully saturated rings. The van der Waals surface area contributed by atoms with Crippen molar-refractivity contribution in [2.45, 2.75) is 96.6 Å². The number of ether oxygens (including phenoxy) is 1. The van der Waals surface area contributed by atoms with Gasteiger partial charge in [0.15, 0.2) is 0 Å². The number of amides is 2. The topological polar surface area (TPSA) is 124 Å². The van der Waals surface area contributed by atoms with Gasteiger partial charge in [-0.05, 0) is 103 Å². The van der Waals surface area contributed by atoms with Gasteiger partial charge < -0.3 is 30.5 Å². The van der Waals surface area contributed by atoms with Crippen molar-refractivity contribution < 1.29 is 29.4 Å². The lowest BCUT2D eigenvalue weighted by molar-refractivity contribution is -0.183. The van der Waals surface area contributed by atoms with Crippen molar-refractivity contribution in [3.8, 4) is 16.9 Å². The van der Waals surface area contributed by atoms with Crippen molar-refractivity contribution in [2.75, 3.05) is 39.3 Å². The third-order valence-corrected chi connectivity index (χ3v) is 14.1. The van der Waals surface area contributed by atoms with Crippen molar-refractivity contribution in [3.05, 3.63) is 83.4 Å². The molecule has 4 saturated carbocycles. The smallest absolute Gasteiger partial charge is 0.251 e. The Kier molecular flexibility index (Phi) is 11.8. The average molecular weight is 767 g/mol. The minimum Gasteiger partial charge on any atom is -0.496 e. The summed E-state index contributed by atoms with van der Waals surface area (Å²) in [5, 5.41) is 29.6. The molecule has 56 heavy (non-hydrogen) atoms. The molecule has 5 aliphatic rings. The second-order valence-corrected chi connectivity index (χ2v) is 17.9. The lowest BCUT2D eigenvalue weighted by Gasteiger charge is -2.62. The molecule has 4 aliphatic carbocycles. The van der Waals surface area contributed by atoms with Crippen LogP contribution in [0.1, 0.15) is 87.2 Å². The summed E-state index contributed by atoms with van der Waals surface area (Å²) in [6, 6.07) is 21.6. The molecule has 10 heteroatoms. The minimum absolute atomic E-state index is 0.0431. The second-order valence-electron chi connectivity index (χ2n) is 17.9. The van der Waals surface area contributed by atoms with Gasteiger partial charge in [0.05, 0.1) is 26.4 Å². The quantitative estimate of drug-likeness (QED) is 0.158. The van der Waals surface area contributed by atoms with Gasteiger partial charge in [0.25, 0.3) is 5.91 Å². The van der Waals surface area contributed by atoms with E-state index < -0.39 is 24.2 Å². The number of para-hydroxylation sites is 1. The van der Waals surface area contributed by atoms with Gasteiger partial charge in [0.1, 0.15) is 17.9 Å². The van der Waals surface area contributed by atoms with Crippen LogP contribution in [0.25, 0.3) is 11.1 Å². The molecule has 1 saturated heterocycles. The van der Waals surface area contributed by atoms with Crippen LogP contribution < -0.4 is 20.3 Å². The molecule has 2 amide bonds. The van der Waals surface area contributed by atoms with E-state index in [1.165, 1.54) is 12.0 Å². The van der Waals surface area contributed by atoms with Crippen LogP contribution >= 0.6 is 0 Å². The van der Waals surface area contributed by atoms with E-state index in [0.717, 1.165) is 48.1 Å². The number of nitrogens with zero attached hydrogens (tertiary/aromatic N) is 2. The predicted molar refractivity (Wildman–Crippen MR) is 219 cm³/mol. The van der Waals surface area contributed by atoms with Crippen LogP contribution in [-0.4, -0.2) is 85.7 Å². The zero-order valence-corrected chi connectivity index (χ0v) is 34.2. The summed E-state index contributed by atoms with van der Waals surface area (Å²) in [6.45, 7) is 9.06. The number of hydrogen-bond acceptors (Lipinski definition) is 8. The number of carbonyl (C=O) groups is 2. The Hall–Kier alpha value is -3.96. The lowest BCUT2D eigenvalue weighted by Crippen LogP contribution is -2.62. The van der Waals surface area contributed by atoms with Crippen molar-refractivity contribution >= 4 is 17.5 Å². The molecule has 10 nitrogen and oxygen atoms in total. The molecule has 302 valence electrons. The Morgan fingerprint density at radius 1 is 1.04 bits per heavy atom. The van der Waals surface area contributed by atoms with Crippen LogP contribution in [0.4, 0.5) is 5.69 Å². The van der Waals surface area contributed by atoms with Gasteiger partial charge in [0, 0.05) is 55.0 Å². The number of carbonyl (C=O) groups excluding carboxylic acids is 2. The first-order valence-corrected chi connectivity index (χ1v) is 20.6. The normalized spacial score (nSPS) is 30.0. The summed E-state index contributed by atoms with van der Waals surface area (Å²) in [5.74, 6) is 2.09. The molecule has 0 radical (unpaired) electrons. The largest absolute Gasteiger partial charge is 0.496 e. The molecular weight excluding hydrogens is 705 g/mol. The zero-order chi connectivity index (χ0) is 39.9. The van der Waals surface area contributed by atoms with E-state index in [1.54, 1.807) is 19.1 Å². The number of nitrogens with one attached hydrogen (secondary N) is 2. The van der Waals surface area contributed by atoms with Crippen molar-refractivity contribution in [1.82, 2.24) is 15.7 Å². The number of fused-ring (bicyclic) bond motifs is 2. The Labute approximate surface area is 332 Å². The standard InChI is InChI=1S/C46H62N4O6/c1-27-38-22-35(46(38,3)4)23-39(27)48-45(54)42-41(28(2)52)40(26-51)56-50(42)25-32-14-11-15-37(43(32)55-7)33-19-34(21-36(20-33)49(5)6)44(53)47-24-29-16-17-31(18-29)30-12-9-8-10-13-30/h8-15,19-21,27-29,31,35,38-42,51-52H,16-18,22-26H2,1-7H3,(H,47,53)(H,48,54)/t27-,28-,29-,31-,35+,38-,39?,40-,41-,42?/m0/s1. The van der Waals surface area contributed by atoms with Crippen molar-refractivity contribution in [3.63, 3.8) is 0 Å².